The van der Waals surface area contributed by atoms with E-state index in [-0.39, 0.29) is 56.4 Å². The number of benzene rings is 3. The topological polar surface area (TPSA) is 119 Å². The van der Waals surface area contributed by atoms with Crippen LogP contribution in [0.3, 0.4) is 0 Å². The van der Waals surface area contributed by atoms with Gasteiger partial charge in [0.25, 0.3) is 0 Å². The summed E-state index contributed by atoms with van der Waals surface area (Å²) in [5.74, 6) is -0.444. The van der Waals surface area contributed by atoms with Crippen molar-refractivity contribution in [3.8, 4) is 17.2 Å². The van der Waals surface area contributed by atoms with Gasteiger partial charge < -0.3 is 34.0 Å². The number of ether oxygens (including phenoxy) is 4. The smallest absolute Gasteiger partial charge is 0.410 e. The molecule has 1 aliphatic heterocycles. The first-order valence-electron chi connectivity index (χ1n) is 19.6. The molecule has 0 aromatic heterocycles. The fourth-order valence-electron chi connectivity index (χ4n) is 8.94. The van der Waals surface area contributed by atoms with Crippen LogP contribution in [0.25, 0.3) is 0 Å². The van der Waals surface area contributed by atoms with Crippen LogP contribution in [-0.2, 0) is 20.9 Å². The van der Waals surface area contributed by atoms with Gasteiger partial charge in [-0.05, 0) is 116 Å². The number of methoxy groups -OCH3 is 1. The zero-order valence-electron chi connectivity index (χ0n) is 32.9. The van der Waals surface area contributed by atoms with Crippen molar-refractivity contribution in [3.63, 3.8) is 0 Å². The number of hydrogen-bond donors (Lipinski definition) is 2. The van der Waals surface area contributed by atoms with Crippen molar-refractivity contribution in [2.45, 2.75) is 83.1 Å². The molecule has 1 amide bonds. The summed E-state index contributed by atoms with van der Waals surface area (Å²) in [6.45, 7) is 8.49. The van der Waals surface area contributed by atoms with E-state index in [0.717, 1.165) is 48.1 Å². The fourth-order valence-corrected chi connectivity index (χ4v) is 8.94. The summed E-state index contributed by atoms with van der Waals surface area (Å²) in [6, 6.07) is 17.1. The molecule has 300 valence electrons. The number of allylic oxidation sites excluding steroid dienone is 1. The summed E-state index contributed by atoms with van der Waals surface area (Å²) in [7, 11) is 2.84. The number of nitrogens with zero attached hydrogens (tertiary/aromatic N) is 2. The molecule has 0 bridgehead atoms. The van der Waals surface area contributed by atoms with Crippen LogP contribution in [0.15, 0.2) is 90.1 Å². The maximum absolute atomic E-state index is 14.1. The Bertz CT molecular complexity index is 1900. The SMILES string of the molecule is C=CCO[C@@]12Oc3ccc(Oc4ccc(C)c(C)c4)cc3[C@H]3[C@H](CCCCO)[C@@H](CCCCO)C=C(C(=NOC)C[C@@H]1N(Cc1ccc(F)cc1)C(=O)OC)[C@H]32. The molecule has 1 saturated carbocycles. The Labute approximate surface area is 329 Å². The minimum Gasteiger partial charge on any atom is -0.459 e. The zero-order chi connectivity index (χ0) is 39.8. The average molecular weight is 771 g/mol. The van der Waals surface area contributed by atoms with E-state index in [0.29, 0.717) is 35.6 Å². The maximum Gasteiger partial charge on any atom is 0.410 e. The second kappa shape index (κ2) is 18.5. The lowest BCUT2D eigenvalue weighted by Crippen LogP contribution is -2.70. The minimum atomic E-state index is -1.46. The number of carbonyl (C=O) groups excluding carboxylic acids is 1. The minimum absolute atomic E-state index is 0.0476. The monoisotopic (exact) mass is 770 g/mol. The van der Waals surface area contributed by atoms with Gasteiger partial charge in [-0.2, -0.15) is 0 Å². The second-order valence-electron chi connectivity index (χ2n) is 15.0. The molecule has 10 nitrogen and oxygen atoms in total. The van der Waals surface area contributed by atoms with Gasteiger partial charge in [0.1, 0.15) is 36.2 Å². The van der Waals surface area contributed by atoms with Gasteiger partial charge in [0.2, 0.25) is 5.79 Å². The number of aliphatic hydroxyl groups excluding tert-OH is 2. The van der Waals surface area contributed by atoms with Crippen LogP contribution in [-0.4, -0.2) is 72.8 Å². The summed E-state index contributed by atoms with van der Waals surface area (Å²) < 4.78 is 40.2. The molecule has 6 atom stereocenters. The molecule has 1 heterocycles. The first kappa shape index (κ1) is 40.9. The van der Waals surface area contributed by atoms with E-state index in [4.69, 9.17) is 23.8 Å². The average Bonchev–Trinajstić information content (AvgIpc) is 3.20. The third kappa shape index (κ3) is 8.50. The molecule has 1 fully saturated rings. The summed E-state index contributed by atoms with van der Waals surface area (Å²) in [5.41, 5.74) is 5.52. The van der Waals surface area contributed by atoms with Crippen molar-refractivity contribution in [1.82, 2.24) is 4.90 Å². The Morgan fingerprint density at radius 2 is 1.70 bits per heavy atom. The Morgan fingerprint density at radius 1 is 0.982 bits per heavy atom. The molecule has 6 rings (SSSR count). The van der Waals surface area contributed by atoms with Crippen LogP contribution >= 0.6 is 0 Å². The third-order valence-corrected chi connectivity index (χ3v) is 11.6. The van der Waals surface area contributed by atoms with Gasteiger partial charge in [0, 0.05) is 37.7 Å². The molecule has 0 spiro atoms. The van der Waals surface area contributed by atoms with Gasteiger partial charge in [0.05, 0.1) is 25.3 Å². The number of hydrogen-bond acceptors (Lipinski definition) is 9. The van der Waals surface area contributed by atoms with Crippen LogP contribution in [0.2, 0.25) is 0 Å². The predicted octanol–water partition coefficient (Wildman–Crippen LogP) is 8.77. The van der Waals surface area contributed by atoms with Crippen molar-refractivity contribution in [3.05, 3.63) is 113 Å². The molecule has 2 aliphatic carbocycles. The van der Waals surface area contributed by atoms with Crippen LogP contribution in [0.5, 0.6) is 17.2 Å². The summed E-state index contributed by atoms with van der Waals surface area (Å²) >= 11 is 0. The Kier molecular flexibility index (Phi) is 13.5. The van der Waals surface area contributed by atoms with Gasteiger partial charge in [-0.15, -0.1) is 6.58 Å². The first-order chi connectivity index (χ1) is 27.2. The van der Waals surface area contributed by atoms with E-state index in [1.807, 2.05) is 30.3 Å². The standard InChI is InChI=1S/C45H55FN2O8/c1-6-23-54-45-41(48(44(51)52-4)28-31-14-16-33(46)17-15-31)27-39(47-53-5)37-25-32(11-7-9-21-49)36(12-8-10-22-50)42(43(37)45)38-26-35(19-20-40(38)56-45)55-34-18-13-29(2)30(3)24-34/h6,13-20,24-26,32,36,41-43,49-50H,1,7-12,21-23,27-28H2,2-5H3/t32-,36+,41-,42+,43+,45+/m0/s1. The van der Waals surface area contributed by atoms with E-state index in [1.165, 1.54) is 31.9 Å². The summed E-state index contributed by atoms with van der Waals surface area (Å²) in [5, 5.41) is 24.3. The molecule has 11 heteroatoms. The second-order valence-corrected chi connectivity index (χ2v) is 15.0. The molecule has 3 aliphatic rings. The number of aryl methyl sites for hydroxylation is 2. The molecule has 3 aromatic rings. The van der Waals surface area contributed by atoms with Crippen molar-refractivity contribution in [2.75, 3.05) is 34.0 Å². The summed E-state index contributed by atoms with van der Waals surface area (Å²) in [4.78, 5) is 21.1. The number of carbonyl (C=O) groups is 1. The Hall–Kier alpha value is -4.71. The lowest BCUT2D eigenvalue weighted by atomic mass is 9.55. The number of rotatable bonds is 17. The highest BCUT2D eigenvalue weighted by Crippen LogP contribution is 2.62. The fraction of sp³-hybridized carbons (Fsp3) is 0.467. The quantitative estimate of drug-likeness (QED) is 0.0795. The van der Waals surface area contributed by atoms with E-state index < -0.39 is 23.8 Å². The first-order valence-corrected chi connectivity index (χ1v) is 19.6. The van der Waals surface area contributed by atoms with Crippen molar-refractivity contribution in [2.24, 2.45) is 22.9 Å². The normalized spacial score (nSPS) is 24.3. The highest BCUT2D eigenvalue weighted by atomic mass is 19.1. The largest absolute Gasteiger partial charge is 0.459 e. The Morgan fingerprint density at radius 3 is 2.38 bits per heavy atom. The van der Waals surface area contributed by atoms with Crippen LogP contribution in [0.1, 0.15) is 73.1 Å². The predicted molar refractivity (Wildman–Crippen MR) is 212 cm³/mol. The van der Waals surface area contributed by atoms with E-state index in [1.54, 1.807) is 23.1 Å². The molecule has 2 N–H and O–H groups in total. The van der Waals surface area contributed by atoms with Gasteiger partial charge >= 0.3 is 6.09 Å². The molecule has 0 radical (unpaired) electrons. The maximum atomic E-state index is 14.1. The van der Waals surface area contributed by atoms with Crippen LogP contribution in [0.4, 0.5) is 9.18 Å². The zero-order valence-corrected chi connectivity index (χ0v) is 32.9. The number of unbranched alkanes of at least 4 members (excludes halogenated alkanes) is 2. The number of aliphatic hydroxyl groups is 2. The Balaban J connectivity index is 1.58. The highest BCUT2D eigenvalue weighted by molar-refractivity contribution is 6.03. The van der Waals surface area contributed by atoms with E-state index in [2.05, 4.69) is 37.7 Å². The molecular weight excluding hydrogens is 715 g/mol. The molecule has 3 aromatic carbocycles. The third-order valence-electron chi connectivity index (χ3n) is 11.6. The lowest BCUT2D eigenvalue weighted by molar-refractivity contribution is -0.256. The molecule has 0 unspecified atom stereocenters. The number of amides is 1. The van der Waals surface area contributed by atoms with Gasteiger partial charge in [-0.3, -0.25) is 4.90 Å². The van der Waals surface area contributed by atoms with Crippen molar-refractivity contribution in [1.29, 1.82) is 0 Å². The number of fused-ring (bicyclic) bond motifs is 2. The van der Waals surface area contributed by atoms with Gasteiger partial charge in [-0.1, -0.05) is 48.3 Å². The summed E-state index contributed by atoms with van der Waals surface area (Å²) in [6.07, 6.45) is 8.13. The molecular formula is C45H55FN2O8. The number of oxime groups is 1. The number of halogens is 1. The highest BCUT2D eigenvalue weighted by Gasteiger charge is 2.65. The van der Waals surface area contributed by atoms with Crippen molar-refractivity contribution < 1.29 is 43.2 Å². The van der Waals surface area contributed by atoms with Gasteiger partial charge in [0.15, 0.2) is 0 Å². The molecule has 56 heavy (non-hydrogen) atoms. The lowest BCUT2D eigenvalue weighted by Gasteiger charge is -2.59. The van der Waals surface area contributed by atoms with Crippen LogP contribution < -0.4 is 9.47 Å². The van der Waals surface area contributed by atoms with Crippen molar-refractivity contribution >= 4 is 11.8 Å². The van der Waals surface area contributed by atoms with E-state index >= 15 is 0 Å². The van der Waals surface area contributed by atoms with E-state index in [9.17, 15) is 19.4 Å². The molecule has 0 saturated heterocycles. The van der Waals surface area contributed by atoms with Crippen LogP contribution in [0, 0.1) is 37.4 Å². The van der Waals surface area contributed by atoms with Gasteiger partial charge in [-0.25, -0.2) is 9.18 Å².